The van der Waals surface area contributed by atoms with E-state index in [-0.39, 0.29) is 18.8 Å². The number of benzene rings is 2. The Morgan fingerprint density at radius 1 is 1.21 bits per heavy atom. The highest BCUT2D eigenvalue weighted by atomic mass is 32.1. The summed E-state index contributed by atoms with van der Waals surface area (Å²) in [5, 5.41) is 8.80. The zero-order valence-corrected chi connectivity index (χ0v) is 22.9. The number of nitrogens with zero attached hydrogens (tertiary/aromatic N) is 3. The summed E-state index contributed by atoms with van der Waals surface area (Å²) in [5.41, 5.74) is 3.62. The lowest BCUT2D eigenvalue weighted by molar-refractivity contribution is -0.139. The van der Waals surface area contributed by atoms with E-state index in [0.29, 0.717) is 38.7 Å². The highest BCUT2D eigenvalue weighted by Gasteiger charge is 2.34. The van der Waals surface area contributed by atoms with Gasteiger partial charge in [0, 0.05) is 0 Å². The molecule has 0 unspecified atom stereocenters. The zero-order chi connectivity index (χ0) is 27.2. The number of hydrogen-bond acceptors (Lipinski definition) is 7. The van der Waals surface area contributed by atoms with Gasteiger partial charge in [-0.3, -0.25) is 9.36 Å². The van der Waals surface area contributed by atoms with Crippen molar-refractivity contribution in [1.82, 2.24) is 4.57 Å². The first-order valence-corrected chi connectivity index (χ1v) is 13.6. The van der Waals surface area contributed by atoms with E-state index in [0.717, 1.165) is 17.5 Å². The first-order chi connectivity index (χ1) is 18.4. The molecule has 0 aliphatic carbocycles. The summed E-state index contributed by atoms with van der Waals surface area (Å²) < 4.78 is 13.0. The Hall–Kier alpha value is -3.96. The Morgan fingerprint density at radius 2 is 1.97 bits per heavy atom. The Labute approximate surface area is 226 Å². The van der Waals surface area contributed by atoms with Crippen LogP contribution in [0.5, 0.6) is 5.75 Å². The third-order valence-electron chi connectivity index (χ3n) is 6.27. The summed E-state index contributed by atoms with van der Waals surface area (Å²) in [5.74, 6) is 0.454. The number of aromatic nitrogens is 1. The van der Waals surface area contributed by atoms with E-state index in [1.165, 1.54) is 16.9 Å². The monoisotopic (exact) mass is 529 g/mol. The predicted molar refractivity (Wildman–Crippen MR) is 148 cm³/mol. The quantitative estimate of drug-likeness (QED) is 0.378. The molecule has 0 saturated carbocycles. The number of nitriles is 1. The van der Waals surface area contributed by atoms with Gasteiger partial charge in [-0.05, 0) is 54.2 Å². The molecule has 8 heteroatoms. The van der Waals surface area contributed by atoms with Gasteiger partial charge in [-0.15, -0.1) is 0 Å². The number of carbonyl (C=O) groups is 1. The number of hydrogen-bond donors (Lipinski definition) is 0. The minimum atomic E-state index is -0.638. The summed E-state index contributed by atoms with van der Waals surface area (Å²) in [6, 6.07) is 16.6. The van der Waals surface area contributed by atoms with Crippen LogP contribution in [0.1, 0.15) is 69.2 Å². The smallest absolute Gasteiger partial charge is 0.338 e. The molecule has 1 aliphatic rings. The van der Waals surface area contributed by atoms with Gasteiger partial charge in [0.25, 0.3) is 5.56 Å². The molecule has 2 heterocycles. The summed E-state index contributed by atoms with van der Waals surface area (Å²) in [4.78, 5) is 32.5. The fourth-order valence-electron chi connectivity index (χ4n) is 4.46. The van der Waals surface area contributed by atoms with E-state index < -0.39 is 12.0 Å². The number of esters is 1. The Kier molecular flexibility index (Phi) is 8.59. The van der Waals surface area contributed by atoms with Gasteiger partial charge >= 0.3 is 5.97 Å². The maximum Gasteiger partial charge on any atom is 0.338 e. The third kappa shape index (κ3) is 5.63. The summed E-state index contributed by atoms with van der Waals surface area (Å²) >= 11 is 1.29. The number of thiazole rings is 1. The average Bonchev–Trinajstić information content (AvgIpc) is 3.21. The second-order valence-electron chi connectivity index (χ2n) is 9.25. The van der Waals surface area contributed by atoms with Gasteiger partial charge in [0.05, 0.1) is 28.5 Å². The van der Waals surface area contributed by atoms with E-state index in [2.05, 4.69) is 13.8 Å². The second-order valence-corrected chi connectivity index (χ2v) is 10.3. The molecular formula is C30H31N3O4S. The highest BCUT2D eigenvalue weighted by Crippen LogP contribution is 2.33. The van der Waals surface area contributed by atoms with Crippen molar-refractivity contribution >= 4 is 23.4 Å². The van der Waals surface area contributed by atoms with E-state index in [1.807, 2.05) is 49.4 Å². The number of fused-ring (bicyclic) bond motifs is 1. The number of ether oxygens (including phenoxy) is 2. The fraction of sp³-hybridized carbons (Fsp3) is 0.333. The van der Waals surface area contributed by atoms with Crippen LogP contribution >= 0.6 is 11.3 Å². The van der Waals surface area contributed by atoms with E-state index in [1.54, 1.807) is 29.7 Å². The van der Waals surface area contributed by atoms with E-state index in [9.17, 15) is 9.59 Å². The Bertz CT molecular complexity index is 1570. The van der Waals surface area contributed by atoms with Crippen molar-refractivity contribution in [3.8, 4) is 11.8 Å². The zero-order valence-electron chi connectivity index (χ0n) is 22.1. The molecule has 0 amide bonds. The lowest BCUT2D eigenvalue weighted by atomic mass is 9.92. The van der Waals surface area contributed by atoms with E-state index >= 15 is 0 Å². The van der Waals surface area contributed by atoms with Crippen LogP contribution in [0.15, 0.2) is 69.6 Å². The SMILES string of the molecule is CCCC1=C(C(=O)OCC)[C@H](c2ccc(C(C)C)cc2)n2c(s/c(=C\c3cccc(OCC#N)c3)c2=O)=N1. The van der Waals surface area contributed by atoms with Crippen molar-refractivity contribution in [2.75, 3.05) is 13.2 Å². The van der Waals surface area contributed by atoms with Gasteiger partial charge in [0.15, 0.2) is 11.4 Å². The first-order valence-electron chi connectivity index (χ1n) is 12.8. The van der Waals surface area contributed by atoms with Crippen LogP contribution in [-0.2, 0) is 9.53 Å². The number of rotatable bonds is 9. The molecule has 1 atom stereocenters. The summed E-state index contributed by atoms with van der Waals surface area (Å²) in [6.45, 7) is 8.24. The van der Waals surface area contributed by atoms with Crippen molar-refractivity contribution < 1.29 is 14.3 Å². The lowest BCUT2D eigenvalue weighted by Crippen LogP contribution is -2.40. The van der Waals surface area contributed by atoms with Crippen LogP contribution in [0.2, 0.25) is 0 Å². The Morgan fingerprint density at radius 3 is 2.63 bits per heavy atom. The molecule has 2 aromatic carbocycles. The van der Waals surface area contributed by atoms with E-state index in [4.69, 9.17) is 19.7 Å². The molecule has 3 aromatic rings. The molecule has 0 bridgehead atoms. The topological polar surface area (TPSA) is 93.7 Å². The molecule has 38 heavy (non-hydrogen) atoms. The van der Waals surface area contributed by atoms with Crippen molar-refractivity contribution in [1.29, 1.82) is 5.26 Å². The Balaban J connectivity index is 1.92. The first kappa shape index (κ1) is 27.1. The summed E-state index contributed by atoms with van der Waals surface area (Å²) in [7, 11) is 0. The van der Waals surface area contributed by atoms with Crippen LogP contribution in [0.3, 0.4) is 0 Å². The van der Waals surface area contributed by atoms with Crippen molar-refractivity contribution in [3.05, 3.63) is 96.2 Å². The molecule has 4 rings (SSSR count). The molecule has 1 aliphatic heterocycles. The van der Waals surface area contributed by atoms with Gasteiger partial charge in [-0.2, -0.15) is 5.26 Å². The minimum absolute atomic E-state index is 0.0575. The molecular weight excluding hydrogens is 498 g/mol. The summed E-state index contributed by atoms with van der Waals surface area (Å²) in [6.07, 6.45) is 3.18. The molecule has 0 fully saturated rings. The van der Waals surface area contributed by atoms with Crippen LogP contribution < -0.4 is 19.6 Å². The third-order valence-corrected chi connectivity index (χ3v) is 7.25. The van der Waals surface area contributed by atoms with Crippen molar-refractivity contribution in [3.63, 3.8) is 0 Å². The van der Waals surface area contributed by atoms with Crippen molar-refractivity contribution in [2.45, 2.75) is 52.5 Å². The molecule has 196 valence electrons. The van der Waals surface area contributed by atoms with Crippen LogP contribution in [-0.4, -0.2) is 23.8 Å². The average molecular weight is 530 g/mol. The lowest BCUT2D eigenvalue weighted by Gasteiger charge is -2.26. The fourth-order valence-corrected chi connectivity index (χ4v) is 5.48. The van der Waals surface area contributed by atoms with Crippen molar-refractivity contribution in [2.24, 2.45) is 4.99 Å². The number of allylic oxidation sites excluding steroid dienone is 1. The second kappa shape index (κ2) is 12.1. The standard InChI is InChI=1S/C30H31N3O4S/c1-5-8-24-26(29(35)36-6-2)27(22-13-11-21(12-14-22)19(3)4)33-28(34)25(38-30(33)32-24)18-20-9-7-10-23(17-20)37-16-15-31/h7,9-14,17-19,27H,5-6,8,16H2,1-4H3/b25-18-/t27-/m0/s1. The molecule has 0 saturated heterocycles. The van der Waals surface area contributed by atoms with Gasteiger partial charge in [0.1, 0.15) is 11.8 Å². The maximum absolute atomic E-state index is 13.9. The maximum atomic E-state index is 13.9. The molecule has 0 spiro atoms. The highest BCUT2D eigenvalue weighted by molar-refractivity contribution is 7.07. The van der Waals surface area contributed by atoms with Gasteiger partial charge in [0.2, 0.25) is 0 Å². The molecule has 0 N–H and O–H groups in total. The van der Waals surface area contributed by atoms with Crippen LogP contribution in [0.25, 0.3) is 6.08 Å². The van der Waals surface area contributed by atoms with Crippen LogP contribution in [0.4, 0.5) is 0 Å². The normalized spacial score (nSPS) is 15.2. The van der Waals surface area contributed by atoms with Crippen LogP contribution in [0, 0.1) is 11.3 Å². The molecule has 7 nitrogen and oxygen atoms in total. The number of carbonyl (C=O) groups excluding carboxylic acids is 1. The van der Waals surface area contributed by atoms with Gasteiger partial charge in [-0.1, -0.05) is 74.9 Å². The van der Waals surface area contributed by atoms with Gasteiger partial charge < -0.3 is 9.47 Å². The molecule has 1 aromatic heterocycles. The minimum Gasteiger partial charge on any atom is -0.479 e. The largest absolute Gasteiger partial charge is 0.479 e. The predicted octanol–water partition coefficient (Wildman–Crippen LogP) is 4.60. The molecule has 0 radical (unpaired) electrons. The van der Waals surface area contributed by atoms with Gasteiger partial charge in [-0.25, -0.2) is 9.79 Å².